The van der Waals surface area contributed by atoms with Gasteiger partial charge in [0.1, 0.15) is 5.78 Å². The van der Waals surface area contributed by atoms with Gasteiger partial charge in [-0.05, 0) is 50.3 Å². The number of hydrogen-bond donors (Lipinski definition) is 0. The van der Waals surface area contributed by atoms with Crippen LogP contribution < -0.4 is 0 Å². The monoisotopic (exact) mass is 202 g/mol. The Morgan fingerprint density at radius 1 is 1.13 bits per heavy atom. The molecule has 1 aliphatic carbocycles. The van der Waals surface area contributed by atoms with E-state index in [-0.39, 0.29) is 5.92 Å². The molecule has 0 saturated heterocycles. The Balaban J connectivity index is 2.47. The standard InChI is InChI=1S/C14H18O/c1-9-7-10(2)14(11(3)8-9)12-5-4-6-13(12)15/h7-8,12H,4-6H2,1-3H3. The third-order valence-corrected chi connectivity index (χ3v) is 3.39. The number of Topliss-reactive ketones (excluding diaryl/α,β-unsaturated/α-hetero) is 1. The van der Waals surface area contributed by atoms with Crippen LogP contribution in [0.4, 0.5) is 0 Å². The van der Waals surface area contributed by atoms with E-state index < -0.39 is 0 Å². The van der Waals surface area contributed by atoms with Crippen LogP contribution in [0.3, 0.4) is 0 Å². The molecule has 1 aromatic rings. The summed E-state index contributed by atoms with van der Waals surface area (Å²) in [6, 6.07) is 4.38. The van der Waals surface area contributed by atoms with E-state index in [0.717, 1.165) is 19.3 Å². The van der Waals surface area contributed by atoms with Crippen molar-refractivity contribution < 1.29 is 4.79 Å². The molecule has 15 heavy (non-hydrogen) atoms. The van der Waals surface area contributed by atoms with E-state index in [9.17, 15) is 4.79 Å². The molecule has 1 nitrogen and oxygen atoms in total. The minimum absolute atomic E-state index is 0.186. The summed E-state index contributed by atoms with van der Waals surface area (Å²) in [6.45, 7) is 6.36. The number of rotatable bonds is 1. The van der Waals surface area contributed by atoms with Crippen molar-refractivity contribution in [2.24, 2.45) is 0 Å². The summed E-state index contributed by atoms with van der Waals surface area (Å²) in [5, 5.41) is 0. The molecular formula is C14H18O. The lowest BCUT2D eigenvalue weighted by atomic mass is 9.88. The lowest BCUT2D eigenvalue weighted by Crippen LogP contribution is -2.08. The Morgan fingerprint density at radius 2 is 1.73 bits per heavy atom. The van der Waals surface area contributed by atoms with E-state index in [1.807, 2.05) is 0 Å². The molecule has 0 bridgehead atoms. The highest BCUT2D eigenvalue weighted by molar-refractivity contribution is 5.88. The van der Waals surface area contributed by atoms with Gasteiger partial charge in [0.25, 0.3) is 0 Å². The molecule has 1 heteroatoms. The normalized spacial score (nSPS) is 21.0. The molecule has 1 saturated carbocycles. The average Bonchev–Trinajstić information content (AvgIpc) is 2.50. The summed E-state index contributed by atoms with van der Waals surface area (Å²) in [4.78, 5) is 11.8. The highest BCUT2D eigenvalue weighted by Crippen LogP contribution is 2.35. The third-order valence-electron chi connectivity index (χ3n) is 3.39. The first kappa shape index (κ1) is 10.4. The summed E-state index contributed by atoms with van der Waals surface area (Å²) < 4.78 is 0. The molecular weight excluding hydrogens is 184 g/mol. The summed E-state index contributed by atoms with van der Waals surface area (Å²) in [5.41, 5.74) is 5.16. The first-order chi connectivity index (χ1) is 7.09. The first-order valence-electron chi connectivity index (χ1n) is 5.70. The van der Waals surface area contributed by atoms with E-state index in [1.54, 1.807) is 0 Å². The predicted molar refractivity (Wildman–Crippen MR) is 62.3 cm³/mol. The molecule has 2 rings (SSSR count). The Morgan fingerprint density at radius 3 is 2.20 bits per heavy atom. The average molecular weight is 202 g/mol. The zero-order valence-electron chi connectivity index (χ0n) is 9.76. The number of benzene rings is 1. The molecule has 1 unspecified atom stereocenters. The van der Waals surface area contributed by atoms with Gasteiger partial charge in [0.2, 0.25) is 0 Å². The van der Waals surface area contributed by atoms with Gasteiger partial charge in [-0.15, -0.1) is 0 Å². The summed E-state index contributed by atoms with van der Waals surface area (Å²) in [6.07, 6.45) is 2.89. The molecule has 1 aromatic carbocycles. The smallest absolute Gasteiger partial charge is 0.140 e. The van der Waals surface area contributed by atoms with Crippen molar-refractivity contribution in [1.29, 1.82) is 0 Å². The van der Waals surface area contributed by atoms with Crippen molar-refractivity contribution in [3.8, 4) is 0 Å². The van der Waals surface area contributed by atoms with Crippen molar-refractivity contribution >= 4 is 5.78 Å². The van der Waals surface area contributed by atoms with E-state index in [0.29, 0.717) is 5.78 Å². The Bertz CT molecular complexity index is 381. The molecule has 0 amide bonds. The maximum atomic E-state index is 11.8. The van der Waals surface area contributed by atoms with E-state index in [2.05, 4.69) is 32.9 Å². The largest absolute Gasteiger partial charge is 0.299 e. The topological polar surface area (TPSA) is 17.1 Å². The van der Waals surface area contributed by atoms with Crippen LogP contribution in [0, 0.1) is 20.8 Å². The van der Waals surface area contributed by atoms with Crippen LogP contribution in [0.5, 0.6) is 0 Å². The fourth-order valence-electron chi connectivity index (χ4n) is 2.86. The predicted octanol–water partition coefficient (Wildman–Crippen LogP) is 3.45. The highest BCUT2D eigenvalue weighted by Gasteiger charge is 2.28. The summed E-state index contributed by atoms with van der Waals surface area (Å²) >= 11 is 0. The lowest BCUT2D eigenvalue weighted by molar-refractivity contribution is -0.118. The van der Waals surface area contributed by atoms with Crippen LogP contribution in [0.1, 0.15) is 47.4 Å². The van der Waals surface area contributed by atoms with Gasteiger partial charge in [-0.1, -0.05) is 17.7 Å². The number of aryl methyl sites for hydroxylation is 3. The molecule has 80 valence electrons. The molecule has 0 radical (unpaired) electrons. The quantitative estimate of drug-likeness (QED) is 0.681. The minimum atomic E-state index is 0.186. The molecule has 1 atom stereocenters. The molecule has 1 aliphatic rings. The lowest BCUT2D eigenvalue weighted by Gasteiger charge is -2.16. The van der Waals surface area contributed by atoms with Crippen molar-refractivity contribution in [3.05, 3.63) is 34.4 Å². The number of carbonyl (C=O) groups is 1. The minimum Gasteiger partial charge on any atom is -0.299 e. The van der Waals surface area contributed by atoms with Gasteiger partial charge in [-0.25, -0.2) is 0 Å². The summed E-state index contributed by atoms with van der Waals surface area (Å²) in [7, 11) is 0. The van der Waals surface area contributed by atoms with Gasteiger partial charge in [0.15, 0.2) is 0 Å². The maximum absolute atomic E-state index is 11.8. The van der Waals surface area contributed by atoms with Crippen molar-refractivity contribution in [3.63, 3.8) is 0 Å². The molecule has 0 aromatic heterocycles. The van der Waals surface area contributed by atoms with Gasteiger partial charge < -0.3 is 0 Å². The molecule has 0 spiro atoms. The third kappa shape index (κ3) is 1.83. The van der Waals surface area contributed by atoms with Gasteiger partial charge in [0.05, 0.1) is 0 Å². The van der Waals surface area contributed by atoms with Crippen LogP contribution in [0.25, 0.3) is 0 Å². The Hall–Kier alpha value is -1.11. The molecule has 1 fully saturated rings. The molecule has 0 heterocycles. The molecule has 0 N–H and O–H groups in total. The summed E-state index contributed by atoms with van der Waals surface area (Å²) in [5.74, 6) is 0.621. The first-order valence-corrected chi connectivity index (χ1v) is 5.70. The van der Waals surface area contributed by atoms with Crippen molar-refractivity contribution in [1.82, 2.24) is 0 Å². The van der Waals surface area contributed by atoms with E-state index >= 15 is 0 Å². The van der Waals surface area contributed by atoms with Crippen LogP contribution in [0.15, 0.2) is 12.1 Å². The number of ketones is 1. The second-order valence-electron chi connectivity index (χ2n) is 4.72. The highest BCUT2D eigenvalue weighted by atomic mass is 16.1. The SMILES string of the molecule is Cc1cc(C)c(C2CCCC2=O)c(C)c1. The van der Waals surface area contributed by atoms with Crippen molar-refractivity contribution in [2.45, 2.75) is 46.0 Å². The van der Waals surface area contributed by atoms with E-state index in [1.165, 1.54) is 22.3 Å². The second kappa shape index (κ2) is 3.80. The van der Waals surface area contributed by atoms with E-state index in [4.69, 9.17) is 0 Å². The van der Waals surface area contributed by atoms with Gasteiger partial charge >= 0.3 is 0 Å². The Kier molecular flexibility index (Phi) is 2.64. The van der Waals surface area contributed by atoms with Crippen LogP contribution in [-0.2, 0) is 4.79 Å². The van der Waals surface area contributed by atoms with Crippen LogP contribution >= 0.6 is 0 Å². The number of hydrogen-bond acceptors (Lipinski definition) is 1. The number of carbonyl (C=O) groups excluding carboxylic acids is 1. The second-order valence-corrected chi connectivity index (χ2v) is 4.72. The van der Waals surface area contributed by atoms with Gasteiger partial charge in [-0.3, -0.25) is 4.79 Å². The zero-order chi connectivity index (χ0) is 11.0. The van der Waals surface area contributed by atoms with Gasteiger partial charge in [-0.2, -0.15) is 0 Å². The maximum Gasteiger partial charge on any atom is 0.140 e. The van der Waals surface area contributed by atoms with Crippen molar-refractivity contribution in [2.75, 3.05) is 0 Å². The zero-order valence-corrected chi connectivity index (χ0v) is 9.76. The fourth-order valence-corrected chi connectivity index (χ4v) is 2.86. The Labute approximate surface area is 91.5 Å². The van der Waals surface area contributed by atoms with Crippen LogP contribution in [0.2, 0.25) is 0 Å². The fraction of sp³-hybridized carbons (Fsp3) is 0.500. The molecule has 0 aliphatic heterocycles. The van der Waals surface area contributed by atoms with Crippen LogP contribution in [-0.4, -0.2) is 5.78 Å². The van der Waals surface area contributed by atoms with Gasteiger partial charge in [0, 0.05) is 12.3 Å².